The molecule has 0 fully saturated rings. The molecule has 0 aliphatic rings. The zero-order valence-electron chi connectivity index (χ0n) is 14.4. The van der Waals surface area contributed by atoms with Crippen molar-refractivity contribution in [1.29, 1.82) is 0 Å². The molecule has 4 aromatic rings. The van der Waals surface area contributed by atoms with E-state index >= 15 is 0 Å². The van der Waals surface area contributed by atoms with Crippen LogP contribution in [0.25, 0.3) is 17.0 Å². The summed E-state index contributed by atoms with van der Waals surface area (Å²) in [4.78, 5) is 12.4. The van der Waals surface area contributed by atoms with Crippen LogP contribution in [0.1, 0.15) is 16.2 Å². The number of para-hydroxylation sites is 1. The third-order valence-electron chi connectivity index (χ3n) is 4.00. The van der Waals surface area contributed by atoms with E-state index in [4.69, 9.17) is 32.4 Å². The van der Waals surface area contributed by atoms with Gasteiger partial charge in [-0.05, 0) is 36.4 Å². The van der Waals surface area contributed by atoms with Gasteiger partial charge in [-0.15, -0.1) is 5.10 Å². The summed E-state index contributed by atoms with van der Waals surface area (Å²) in [6, 6.07) is 17.6. The van der Waals surface area contributed by atoms with Crippen molar-refractivity contribution in [1.82, 2.24) is 15.0 Å². The highest BCUT2D eigenvalue weighted by Crippen LogP contribution is 2.29. The SMILES string of the molecule is O=C(OCc1cnnn1-c1ccccc1Cl)c1ccc(-c2ccccc2Cl)o1. The number of hydrogen-bond donors (Lipinski definition) is 0. The number of ether oxygens (including phenoxy) is 1. The first-order chi connectivity index (χ1) is 13.6. The summed E-state index contributed by atoms with van der Waals surface area (Å²) in [6.07, 6.45) is 1.51. The average Bonchev–Trinajstić information content (AvgIpc) is 3.37. The molecular weight excluding hydrogens is 401 g/mol. The Morgan fingerprint density at radius 3 is 2.54 bits per heavy atom. The van der Waals surface area contributed by atoms with Gasteiger partial charge < -0.3 is 9.15 Å². The fraction of sp³-hybridized carbons (Fsp3) is 0.0500. The smallest absolute Gasteiger partial charge is 0.374 e. The van der Waals surface area contributed by atoms with E-state index in [0.717, 1.165) is 0 Å². The first-order valence-electron chi connectivity index (χ1n) is 8.30. The standard InChI is InChI=1S/C20H13Cl2N3O3/c21-15-6-2-1-5-14(15)18-9-10-19(28-18)20(26)27-12-13-11-23-24-25(13)17-8-4-3-7-16(17)22/h1-11H,12H2. The van der Waals surface area contributed by atoms with E-state index in [1.807, 2.05) is 30.3 Å². The van der Waals surface area contributed by atoms with Crippen molar-refractivity contribution >= 4 is 29.2 Å². The minimum atomic E-state index is -0.606. The number of esters is 1. The molecule has 0 N–H and O–H groups in total. The van der Waals surface area contributed by atoms with Gasteiger partial charge in [-0.3, -0.25) is 0 Å². The number of benzene rings is 2. The lowest BCUT2D eigenvalue weighted by Gasteiger charge is -2.08. The van der Waals surface area contributed by atoms with Gasteiger partial charge in [0.2, 0.25) is 5.76 Å². The van der Waals surface area contributed by atoms with Crippen LogP contribution >= 0.6 is 23.2 Å². The molecule has 0 unspecified atom stereocenters. The molecule has 0 aliphatic carbocycles. The first kappa shape index (κ1) is 18.3. The number of carbonyl (C=O) groups is 1. The fourth-order valence-corrected chi connectivity index (χ4v) is 3.09. The minimum absolute atomic E-state index is 0.0425. The Balaban J connectivity index is 1.49. The topological polar surface area (TPSA) is 70.2 Å². The van der Waals surface area contributed by atoms with Crippen molar-refractivity contribution in [2.24, 2.45) is 0 Å². The molecule has 140 valence electrons. The van der Waals surface area contributed by atoms with Gasteiger partial charge in [0.25, 0.3) is 0 Å². The summed E-state index contributed by atoms with van der Waals surface area (Å²) in [7, 11) is 0. The lowest BCUT2D eigenvalue weighted by molar-refractivity contribution is 0.0429. The van der Waals surface area contributed by atoms with Gasteiger partial charge >= 0.3 is 5.97 Å². The molecule has 0 saturated heterocycles. The van der Waals surface area contributed by atoms with Gasteiger partial charge in [0.05, 0.1) is 21.9 Å². The van der Waals surface area contributed by atoms with Crippen molar-refractivity contribution in [3.8, 4) is 17.0 Å². The fourth-order valence-electron chi connectivity index (χ4n) is 2.65. The van der Waals surface area contributed by atoms with Crippen LogP contribution in [0, 0.1) is 0 Å². The van der Waals surface area contributed by atoms with Crippen LogP contribution in [0.2, 0.25) is 10.0 Å². The van der Waals surface area contributed by atoms with Crippen LogP contribution in [-0.4, -0.2) is 21.0 Å². The van der Waals surface area contributed by atoms with E-state index in [0.29, 0.717) is 32.8 Å². The highest BCUT2D eigenvalue weighted by atomic mass is 35.5. The predicted octanol–water partition coefficient (Wildman–Crippen LogP) is 5.19. The van der Waals surface area contributed by atoms with Crippen LogP contribution < -0.4 is 0 Å². The Morgan fingerprint density at radius 2 is 1.75 bits per heavy atom. The highest BCUT2D eigenvalue weighted by Gasteiger charge is 2.17. The largest absolute Gasteiger partial charge is 0.453 e. The molecule has 8 heteroatoms. The van der Waals surface area contributed by atoms with E-state index in [2.05, 4.69) is 10.3 Å². The van der Waals surface area contributed by atoms with E-state index in [9.17, 15) is 4.79 Å². The predicted molar refractivity (Wildman–Crippen MR) is 105 cm³/mol. The Morgan fingerprint density at radius 1 is 1.00 bits per heavy atom. The second kappa shape index (κ2) is 7.88. The van der Waals surface area contributed by atoms with Gasteiger partial charge in [0.15, 0.2) is 0 Å². The normalized spacial score (nSPS) is 10.8. The lowest BCUT2D eigenvalue weighted by atomic mass is 10.2. The monoisotopic (exact) mass is 413 g/mol. The molecule has 0 atom stereocenters. The van der Waals surface area contributed by atoms with E-state index in [1.165, 1.54) is 10.9 Å². The maximum atomic E-state index is 12.4. The number of nitrogens with zero attached hydrogens (tertiary/aromatic N) is 3. The Hall–Kier alpha value is -3.09. The highest BCUT2D eigenvalue weighted by molar-refractivity contribution is 6.33. The molecule has 6 nitrogen and oxygen atoms in total. The summed E-state index contributed by atoms with van der Waals surface area (Å²) < 4.78 is 12.5. The molecule has 0 radical (unpaired) electrons. The van der Waals surface area contributed by atoms with Crippen LogP contribution in [0.15, 0.2) is 71.3 Å². The molecule has 28 heavy (non-hydrogen) atoms. The van der Waals surface area contributed by atoms with E-state index < -0.39 is 5.97 Å². The molecule has 4 rings (SSSR count). The molecular formula is C20H13Cl2N3O3. The summed E-state index contributed by atoms with van der Waals surface area (Å²) in [5.74, 6) is -0.0442. The quantitative estimate of drug-likeness (QED) is 0.421. The minimum Gasteiger partial charge on any atom is -0.453 e. The second-order valence-electron chi connectivity index (χ2n) is 5.81. The number of hydrogen-bond acceptors (Lipinski definition) is 5. The molecule has 0 saturated carbocycles. The molecule has 0 aliphatic heterocycles. The van der Waals surface area contributed by atoms with Crippen molar-refractivity contribution in [3.63, 3.8) is 0 Å². The molecule has 0 bridgehead atoms. The first-order valence-corrected chi connectivity index (χ1v) is 9.05. The third-order valence-corrected chi connectivity index (χ3v) is 4.65. The molecule has 2 heterocycles. The van der Waals surface area contributed by atoms with Gasteiger partial charge in [-0.2, -0.15) is 0 Å². The van der Waals surface area contributed by atoms with Crippen molar-refractivity contribution in [2.75, 3.05) is 0 Å². The van der Waals surface area contributed by atoms with Crippen LogP contribution in [0.4, 0.5) is 0 Å². The number of halogens is 2. The van der Waals surface area contributed by atoms with Gasteiger partial charge in [0, 0.05) is 5.56 Å². The number of furan rings is 1. The summed E-state index contributed by atoms with van der Waals surface area (Å²) in [5.41, 5.74) is 1.91. The number of rotatable bonds is 5. The summed E-state index contributed by atoms with van der Waals surface area (Å²) in [6.45, 7) is -0.0425. The summed E-state index contributed by atoms with van der Waals surface area (Å²) in [5, 5.41) is 8.92. The van der Waals surface area contributed by atoms with Crippen LogP contribution in [0.5, 0.6) is 0 Å². The maximum Gasteiger partial charge on any atom is 0.374 e. The molecule has 0 amide bonds. The lowest BCUT2D eigenvalue weighted by Crippen LogP contribution is -2.08. The van der Waals surface area contributed by atoms with Crippen molar-refractivity contribution < 1.29 is 13.9 Å². The van der Waals surface area contributed by atoms with Crippen LogP contribution in [0.3, 0.4) is 0 Å². The zero-order chi connectivity index (χ0) is 19.5. The van der Waals surface area contributed by atoms with E-state index in [1.54, 1.807) is 30.3 Å². The Kier molecular flexibility index (Phi) is 5.14. The van der Waals surface area contributed by atoms with Crippen LogP contribution in [-0.2, 0) is 11.3 Å². The molecule has 2 aromatic heterocycles. The number of aromatic nitrogens is 3. The molecule has 2 aromatic carbocycles. The third kappa shape index (κ3) is 3.65. The Bertz CT molecular complexity index is 1140. The maximum absolute atomic E-state index is 12.4. The second-order valence-corrected chi connectivity index (χ2v) is 6.62. The zero-order valence-corrected chi connectivity index (χ0v) is 15.9. The van der Waals surface area contributed by atoms with Crippen molar-refractivity contribution in [2.45, 2.75) is 6.61 Å². The summed E-state index contributed by atoms with van der Waals surface area (Å²) >= 11 is 12.4. The van der Waals surface area contributed by atoms with Crippen molar-refractivity contribution in [3.05, 3.63) is 88.4 Å². The van der Waals surface area contributed by atoms with Gasteiger partial charge in [0.1, 0.15) is 18.1 Å². The van der Waals surface area contributed by atoms with Gasteiger partial charge in [-0.25, -0.2) is 9.48 Å². The molecule has 0 spiro atoms. The average molecular weight is 414 g/mol. The van der Waals surface area contributed by atoms with Gasteiger partial charge in [-0.1, -0.05) is 52.7 Å². The Labute approximate surface area is 170 Å². The van der Waals surface area contributed by atoms with E-state index in [-0.39, 0.29) is 12.4 Å². The number of carbonyl (C=O) groups excluding carboxylic acids is 1.